The third-order valence-electron chi connectivity index (χ3n) is 2.21. The Kier molecular flexibility index (Phi) is 4.94. The number of Topliss-reactive ketones (excluding diaryl/α,β-unsaturated/α-hetero) is 1. The number of rotatable bonds is 6. The molecule has 17 heavy (non-hydrogen) atoms. The van der Waals surface area contributed by atoms with Crippen molar-refractivity contribution >= 4 is 17.4 Å². The standard InChI is InChI=1S/C13H15NO3/c1-10(15)7-8-11(13(16)17)9-14-12-5-3-2-4-6-12/h2-6,9,14H,7-8H2,1H3,(H,16,17). The van der Waals surface area contributed by atoms with Crippen LogP contribution in [0.25, 0.3) is 0 Å². The van der Waals surface area contributed by atoms with Crippen LogP contribution in [0.2, 0.25) is 0 Å². The van der Waals surface area contributed by atoms with Crippen molar-refractivity contribution in [3.63, 3.8) is 0 Å². The minimum absolute atomic E-state index is 0.0168. The predicted molar refractivity (Wildman–Crippen MR) is 65.7 cm³/mol. The van der Waals surface area contributed by atoms with Gasteiger partial charge >= 0.3 is 5.97 Å². The van der Waals surface area contributed by atoms with Gasteiger partial charge in [0.05, 0.1) is 5.57 Å². The highest BCUT2D eigenvalue weighted by atomic mass is 16.4. The minimum atomic E-state index is -1.00. The number of carbonyl (C=O) groups excluding carboxylic acids is 1. The molecule has 0 unspecified atom stereocenters. The van der Waals surface area contributed by atoms with Gasteiger partial charge in [0.15, 0.2) is 0 Å². The molecule has 0 heterocycles. The summed E-state index contributed by atoms with van der Waals surface area (Å²) in [6, 6.07) is 9.25. The lowest BCUT2D eigenvalue weighted by atomic mass is 10.1. The molecule has 0 aliphatic carbocycles. The summed E-state index contributed by atoms with van der Waals surface area (Å²) in [5.41, 5.74) is 1.01. The fourth-order valence-corrected chi connectivity index (χ4v) is 1.26. The van der Waals surface area contributed by atoms with Gasteiger partial charge in [0.1, 0.15) is 5.78 Å². The fourth-order valence-electron chi connectivity index (χ4n) is 1.26. The third kappa shape index (κ3) is 4.97. The van der Waals surface area contributed by atoms with Crippen LogP contribution in [0, 0.1) is 0 Å². The summed E-state index contributed by atoms with van der Waals surface area (Å²) in [4.78, 5) is 21.7. The zero-order valence-electron chi connectivity index (χ0n) is 9.64. The SMILES string of the molecule is CC(=O)CCC(=CNc1ccccc1)C(=O)O. The maximum Gasteiger partial charge on any atom is 0.333 e. The van der Waals surface area contributed by atoms with Crippen LogP contribution in [-0.2, 0) is 9.59 Å². The Morgan fingerprint density at radius 2 is 1.88 bits per heavy atom. The van der Waals surface area contributed by atoms with Gasteiger partial charge in [0.25, 0.3) is 0 Å². The first-order chi connectivity index (χ1) is 8.09. The maximum atomic E-state index is 10.9. The Morgan fingerprint density at radius 1 is 1.24 bits per heavy atom. The first-order valence-electron chi connectivity index (χ1n) is 5.33. The van der Waals surface area contributed by atoms with E-state index in [1.807, 2.05) is 30.3 Å². The zero-order chi connectivity index (χ0) is 12.7. The number of aliphatic carboxylic acids is 1. The molecule has 0 bridgehead atoms. The highest BCUT2D eigenvalue weighted by Crippen LogP contribution is 2.09. The van der Waals surface area contributed by atoms with Crippen LogP contribution in [0.5, 0.6) is 0 Å². The van der Waals surface area contributed by atoms with E-state index < -0.39 is 5.97 Å². The smallest absolute Gasteiger partial charge is 0.333 e. The van der Waals surface area contributed by atoms with Crippen LogP contribution in [0.4, 0.5) is 5.69 Å². The van der Waals surface area contributed by atoms with E-state index in [1.54, 1.807) is 0 Å². The molecule has 0 aromatic heterocycles. The van der Waals surface area contributed by atoms with Crippen LogP contribution in [0.15, 0.2) is 42.1 Å². The van der Waals surface area contributed by atoms with Crippen LogP contribution in [0.3, 0.4) is 0 Å². The van der Waals surface area contributed by atoms with Crippen LogP contribution in [-0.4, -0.2) is 16.9 Å². The lowest BCUT2D eigenvalue weighted by molar-refractivity contribution is -0.132. The number of carboxylic acids is 1. The molecule has 0 spiro atoms. The van der Waals surface area contributed by atoms with E-state index in [9.17, 15) is 9.59 Å². The second kappa shape index (κ2) is 6.48. The number of hydrogen-bond donors (Lipinski definition) is 2. The molecule has 1 aromatic carbocycles. The fraction of sp³-hybridized carbons (Fsp3) is 0.231. The Labute approximate surface area is 100.0 Å². The quantitative estimate of drug-likeness (QED) is 0.740. The average Bonchev–Trinajstić information content (AvgIpc) is 2.29. The third-order valence-corrected chi connectivity index (χ3v) is 2.21. The van der Waals surface area contributed by atoms with Gasteiger partial charge in [-0.15, -0.1) is 0 Å². The van der Waals surface area contributed by atoms with Gasteiger partial charge < -0.3 is 15.2 Å². The van der Waals surface area contributed by atoms with Gasteiger partial charge in [-0.05, 0) is 25.5 Å². The highest BCUT2D eigenvalue weighted by molar-refractivity contribution is 5.88. The molecule has 2 N–H and O–H groups in total. The molecule has 0 amide bonds. The lowest BCUT2D eigenvalue weighted by Gasteiger charge is -2.03. The highest BCUT2D eigenvalue weighted by Gasteiger charge is 2.08. The van der Waals surface area contributed by atoms with E-state index in [0.717, 1.165) is 5.69 Å². The molecule has 1 rings (SSSR count). The van der Waals surface area contributed by atoms with Crippen molar-refractivity contribution in [1.82, 2.24) is 0 Å². The van der Waals surface area contributed by atoms with E-state index in [0.29, 0.717) is 0 Å². The lowest BCUT2D eigenvalue weighted by Crippen LogP contribution is -2.05. The molecule has 0 aliphatic heterocycles. The van der Waals surface area contributed by atoms with Gasteiger partial charge in [-0.1, -0.05) is 18.2 Å². The van der Waals surface area contributed by atoms with Gasteiger partial charge in [-0.3, -0.25) is 0 Å². The second-order valence-corrected chi connectivity index (χ2v) is 3.69. The van der Waals surface area contributed by atoms with Crippen LogP contribution >= 0.6 is 0 Å². The van der Waals surface area contributed by atoms with Crippen molar-refractivity contribution in [3.8, 4) is 0 Å². The molecule has 90 valence electrons. The number of carbonyl (C=O) groups is 2. The van der Waals surface area contributed by atoms with Gasteiger partial charge in [-0.25, -0.2) is 4.79 Å². The van der Waals surface area contributed by atoms with Crippen molar-refractivity contribution in [2.24, 2.45) is 0 Å². The van der Waals surface area contributed by atoms with Crippen molar-refractivity contribution in [3.05, 3.63) is 42.1 Å². The Morgan fingerprint density at radius 3 is 2.41 bits per heavy atom. The van der Waals surface area contributed by atoms with Gasteiger partial charge in [0, 0.05) is 18.3 Å². The molecule has 0 radical (unpaired) electrons. The predicted octanol–water partition coefficient (Wildman–Crippen LogP) is 2.44. The molecule has 4 nitrogen and oxygen atoms in total. The van der Waals surface area contributed by atoms with E-state index >= 15 is 0 Å². The van der Waals surface area contributed by atoms with Gasteiger partial charge in [-0.2, -0.15) is 0 Å². The van der Waals surface area contributed by atoms with Crippen LogP contribution < -0.4 is 5.32 Å². The molecule has 0 atom stereocenters. The summed E-state index contributed by atoms with van der Waals surface area (Å²) in [6.45, 7) is 1.45. The first kappa shape index (κ1) is 13.0. The van der Waals surface area contributed by atoms with E-state index in [-0.39, 0.29) is 24.2 Å². The molecular weight excluding hydrogens is 218 g/mol. The summed E-state index contributed by atoms with van der Waals surface area (Å²) in [6.07, 6.45) is 1.92. The average molecular weight is 233 g/mol. The zero-order valence-corrected chi connectivity index (χ0v) is 9.64. The van der Waals surface area contributed by atoms with E-state index in [1.165, 1.54) is 13.1 Å². The largest absolute Gasteiger partial charge is 0.478 e. The molecule has 0 saturated carbocycles. The summed E-state index contributed by atoms with van der Waals surface area (Å²) in [7, 11) is 0. The monoisotopic (exact) mass is 233 g/mol. The molecule has 0 aliphatic rings. The number of para-hydroxylation sites is 1. The second-order valence-electron chi connectivity index (χ2n) is 3.69. The summed E-state index contributed by atoms with van der Waals surface area (Å²) in [5.74, 6) is -1.02. The Bertz CT molecular complexity index is 424. The Hall–Kier alpha value is -2.10. The molecular formula is C13H15NO3. The summed E-state index contributed by atoms with van der Waals surface area (Å²) >= 11 is 0. The van der Waals surface area contributed by atoms with E-state index in [2.05, 4.69) is 5.32 Å². The minimum Gasteiger partial charge on any atom is -0.478 e. The van der Waals surface area contributed by atoms with Crippen LogP contribution in [0.1, 0.15) is 19.8 Å². The van der Waals surface area contributed by atoms with Crippen molar-refractivity contribution in [1.29, 1.82) is 0 Å². The normalized spacial score (nSPS) is 11.0. The van der Waals surface area contributed by atoms with Crippen molar-refractivity contribution in [2.45, 2.75) is 19.8 Å². The number of hydrogen-bond acceptors (Lipinski definition) is 3. The van der Waals surface area contributed by atoms with Crippen molar-refractivity contribution < 1.29 is 14.7 Å². The molecule has 0 fully saturated rings. The molecule has 0 saturated heterocycles. The number of nitrogens with one attached hydrogen (secondary N) is 1. The number of benzene rings is 1. The maximum absolute atomic E-state index is 10.9. The number of carboxylic acid groups (broad SMARTS) is 1. The van der Waals surface area contributed by atoms with Gasteiger partial charge in [0.2, 0.25) is 0 Å². The molecule has 1 aromatic rings. The first-order valence-corrected chi connectivity index (χ1v) is 5.33. The topological polar surface area (TPSA) is 66.4 Å². The molecule has 4 heteroatoms. The number of anilines is 1. The Balaban J connectivity index is 2.64. The van der Waals surface area contributed by atoms with E-state index in [4.69, 9.17) is 5.11 Å². The summed E-state index contributed by atoms with van der Waals surface area (Å²) < 4.78 is 0. The number of ketones is 1. The summed E-state index contributed by atoms with van der Waals surface area (Å²) in [5, 5.41) is 11.8. The van der Waals surface area contributed by atoms with Crippen molar-refractivity contribution in [2.75, 3.05) is 5.32 Å².